The molecule has 88 valence electrons. The van der Waals surface area contributed by atoms with Crippen LogP contribution in [0, 0.1) is 0 Å². The standard InChI is InChI=1S/C12H14N4O/c1-17-12-4-3-10(8-14-13)7-11(12)9-16-6-2-5-15-16/h2-8H,9,13H2,1H3. The molecule has 0 saturated heterocycles. The first-order valence-electron chi connectivity index (χ1n) is 5.21. The van der Waals surface area contributed by atoms with Crippen molar-refractivity contribution in [2.75, 3.05) is 7.11 Å². The third-order valence-corrected chi connectivity index (χ3v) is 2.42. The maximum atomic E-state index is 5.31. The molecule has 0 atom stereocenters. The molecule has 0 unspecified atom stereocenters. The molecule has 2 aromatic rings. The number of rotatable bonds is 4. The Hall–Kier alpha value is -2.30. The molecular weight excluding hydrogens is 216 g/mol. The van der Waals surface area contributed by atoms with E-state index in [0.717, 1.165) is 16.9 Å². The Morgan fingerprint density at radius 1 is 1.53 bits per heavy atom. The first-order valence-corrected chi connectivity index (χ1v) is 5.21. The monoisotopic (exact) mass is 230 g/mol. The van der Waals surface area contributed by atoms with Gasteiger partial charge in [0, 0.05) is 18.0 Å². The number of nitrogens with zero attached hydrogens (tertiary/aromatic N) is 3. The summed E-state index contributed by atoms with van der Waals surface area (Å²) in [7, 11) is 1.65. The van der Waals surface area contributed by atoms with Crippen molar-refractivity contribution >= 4 is 6.21 Å². The second kappa shape index (κ2) is 5.16. The SMILES string of the molecule is COc1ccc(C=NN)cc1Cn1cccn1. The van der Waals surface area contributed by atoms with Gasteiger partial charge in [0.2, 0.25) is 0 Å². The second-order valence-electron chi connectivity index (χ2n) is 3.55. The van der Waals surface area contributed by atoms with Gasteiger partial charge in [0.1, 0.15) is 5.75 Å². The lowest BCUT2D eigenvalue weighted by molar-refractivity contribution is 0.407. The van der Waals surface area contributed by atoms with Crippen molar-refractivity contribution in [1.29, 1.82) is 0 Å². The molecule has 1 heterocycles. The highest BCUT2D eigenvalue weighted by Crippen LogP contribution is 2.20. The number of methoxy groups -OCH3 is 1. The molecule has 0 saturated carbocycles. The van der Waals surface area contributed by atoms with Gasteiger partial charge in [-0.1, -0.05) is 0 Å². The van der Waals surface area contributed by atoms with Crippen molar-refractivity contribution in [2.24, 2.45) is 10.9 Å². The van der Waals surface area contributed by atoms with E-state index in [0.29, 0.717) is 6.54 Å². The molecule has 0 fully saturated rings. The highest BCUT2D eigenvalue weighted by Gasteiger charge is 2.04. The molecule has 0 aliphatic carbocycles. The normalized spacial score (nSPS) is 10.9. The molecule has 0 spiro atoms. The number of hydrogen-bond acceptors (Lipinski definition) is 4. The summed E-state index contributed by atoms with van der Waals surface area (Å²) in [6, 6.07) is 7.67. The molecule has 0 aliphatic rings. The van der Waals surface area contributed by atoms with Crippen LogP contribution in [0.2, 0.25) is 0 Å². The third-order valence-electron chi connectivity index (χ3n) is 2.42. The average molecular weight is 230 g/mol. The van der Waals surface area contributed by atoms with Gasteiger partial charge in [-0.15, -0.1) is 0 Å². The fourth-order valence-electron chi connectivity index (χ4n) is 1.66. The lowest BCUT2D eigenvalue weighted by Gasteiger charge is -2.09. The quantitative estimate of drug-likeness (QED) is 0.488. The molecule has 0 bridgehead atoms. The smallest absolute Gasteiger partial charge is 0.123 e. The van der Waals surface area contributed by atoms with Crippen molar-refractivity contribution < 1.29 is 4.74 Å². The zero-order valence-corrected chi connectivity index (χ0v) is 9.58. The Morgan fingerprint density at radius 3 is 3.06 bits per heavy atom. The summed E-state index contributed by atoms with van der Waals surface area (Å²) in [4.78, 5) is 0. The van der Waals surface area contributed by atoms with Gasteiger partial charge in [0.15, 0.2) is 0 Å². The molecule has 2 N–H and O–H groups in total. The van der Waals surface area contributed by atoms with Crippen LogP contribution < -0.4 is 10.6 Å². The maximum Gasteiger partial charge on any atom is 0.123 e. The van der Waals surface area contributed by atoms with Crippen molar-refractivity contribution in [3.05, 3.63) is 47.8 Å². The summed E-state index contributed by atoms with van der Waals surface area (Å²) >= 11 is 0. The number of hydrogen-bond donors (Lipinski definition) is 1. The summed E-state index contributed by atoms with van der Waals surface area (Å²) in [5.74, 6) is 5.97. The van der Waals surface area contributed by atoms with E-state index in [-0.39, 0.29) is 0 Å². The Bertz CT molecular complexity index is 505. The topological polar surface area (TPSA) is 65.4 Å². The molecule has 2 rings (SSSR count). The van der Waals surface area contributed by atoms with Crippen LogP contribution in [0.3, 0.4) is 0 Å². The predicted molar refractivity (Wildman–Crippen MR) is 66.1 cm³/mol. The first-order chi connectivity index (χ1) is 8.33. The van der Waals surface area contributed by atoms with Crippen LogP contribution in [0.1, 0.15) is 11.1 Å². The van der Waals surface area contributed by atoms with Crippen LogP contribution in [0.25, 0.3) is 0 Å². The molecule has 0 aliphatic heterocycles. The Morgan fingerprint density at radius 2 is 2.41 bits per heavy atom. The largest absolute Gasteiger partial charge is 0.496 e. The summed E-state index contributed by atoms with van der Waals surface area (Å²) in [6.45, 7) is 0.655. The van der Waals surface area contributed by atoms with Crippen LogP contribution in [-0.2, 0) is 6.54 Å². The lowest BCUT2D eigenvalue weighted by Crippen LogP contribution is -2.03. The zero-order valence-electron chi connectivity index (χ0n) is 9.58. The number of aromatic nitrogens is 2. The van der Waals surface area contributed by atoms with E-state index in [4.69, 9.17) is 10.6 Å². The minimum atomic E-state index is 0.655. The van der Waals surface area contributed by atoms with Crippen LogP contribution in [0.4, 0.5) is 0 Å². The lowest BCUT2D eigenvalue weighted by atomic mass is 10.1. The third kappa shape index (κ3) is 2.63. The van der Waals surface area contributed by atoms with Gasteiger partial charge >= 0.3 is 0 Å². The van der Waals surface area contributed by atoms with E-state index < -0.39 is 0 Å². The van der Waals surface area contributed by atoms with Crippen LogP contribution >= 0.6 is 0 Å². The second-order valence-corrected chi connectivity index (χ2v) is 3.55. The van der Waals surface area contributed by atoms with Gasteiger partial charge in [-0.05, 0) is 29.8 Å². The van der Waals surface area contributed by atoms with Crippen molar-refractivity contribution in [3.8, 4) is 5.75 Å². The molecule has 1 aromatic heterocycles. The molecule has 1 aromatic carbocycles. The van der Waals surface area contributed by atoms with Crippen LogP contribution in [-0.4, -0.2) is 23.1 Å². The zero-order chi connectivity index (χ0) is 12.1. The van der Waals surface area contributed by atoms with E-state index in [1.165, 1.54) is 0 Å². The van der Waals surface area contributed by atoms with Crippen molar-refractivity contribution in [1.82, 2.24) is 9.78 Å². The molecular formula is C12H14N4O. The Kier molecular flexibility index (Phi) is 3.40. The minimum absolute atomic E-state index is 0.655. The number of hydrazone groups is 1. The number of ether oxygens (including phenoxy) is 1. The highest BCUT2D eigenvalue weighted by atomic mass is 16.5. The van der Waals surface area contributed by atoms with Gasteiger partial charge < -0.3 is 10.6 Å². The van der Waals surface area contributed by atoms with Crippen molar-refractivity contribution in [3.63, 3.8) is 0 Å². The van der Waals surface area contributed by atoms with E-state index >= 15 is 0 Å². The fraction of sp³-hybridized carbons (Fsp3) is 0.167. The van der Waals surface area contributed by atoms with Crippen LogP contribution in [0.15, 0.2) is 41.8 Å². The molecule has 17 heavy (non-hydrogen) atoms. The van der Waals surface area contributed by atoms with E-state index in [1.807, 2.05) is 35.1 Å². The fourth-order valence-corrected chi connectivity index (χ4v) is 1.66. The molecule has 0 radical (unpaired) electrons. The average Bonchev–Trinajstić information content (AvgIpc) is 2.83. The van der Waals surface area contributed by atoms with E-state index in [9.17, 15) is 0 Å². The molecule has 0 amide bonds. The predicted octanol–water partition coefficient (Wildman–Crippen LogP) is 1.23. The van der Waals surface area contributed by atoms with E-state index in [1.54, 1.807) is 19.5 Å². The summed E-state index contributed by atoms with van der Waals surface area (Å²) in [5.41, 5.74) is 1.98. The van der Waals surface area contributed by atoms with Gasteiger partial charge in [-0.2, -0.15) is 10.2 Å². The number of nitrogens with two attached hydrogens (primary N) is 1. The van der Waals surface area contributed by atoms with Gasteiger partial charge in [-0.3, -0.25) is 4.68 Å². The van der Waals surface area contributed by atoms with Gasteiger partial charge in [-0.25, -0.2) is 0 Å². The minimum Gasteiger partial charge on any atom is -0.496 e. The highest BCUT2D eigenvalue weighted by molar-refractivity contribution is 5.80. The van der Waals surface area contributed by atoms with Crippen LogP contribution in [0.5, 0.6) is 5.75 Å². The summed E-state index contributed by atoms with van der Waals surface area (Å²) < 4.78 is 7.14. The Labute approximate surface area is 99.5 Å². The number of benzene rings is 1. The van der Waals surface area contributed by atoms with Gasteiger partial charge in [0.25, 0.3) is 0 Å². The Balaban J connectivity index is 2.32. The van der Waals surface area contributed by atoms with Gasteiger partial charge in [0.05, 0.1) is 19.9 Å². The maximum absolute atomic E-state index is 5.31. The molecule has 5 nitrogen and oxygen atoms in total. The first kappa shape index (κ1) is 11.2. The summed E-state index contributed by atoms with van der Waals surface area (Å²) in [6.07, 6.45) is 5.26. The summed E-state index contributed by atoms with van der Waals surface area (Å²) in [5, 5.41) is 7.68. The molecule has 5 heteroatoms. The van der Waals surface area contributed by atoms with Crippen molar-refractivity contribution in [2.45, 2.75) is 6.54 Å². The van der Waals surface area contributed by atoms with E-state index in [2.05, 4.69) is 10.2 Å².